The van der Waals surface area contributed by atoms with E-state index in [0.717, 1.165) is 17.1 Å². The molecule has 1 heterocycles. The molecule has 5 heteroatoms. The second-order valence-electron chi connectivity index (χ2n) is 4.24. The quantitative estimate of drug-likeness (QED) is 0.923. The van der Waals surface area contributed by atoms with Crippen molar-refractivity contribution in [2.45, 2.75) is 20.4 Å². The van der Waals surface area contributed by atoms with E-state index in [1.54, 1.807) is 17.7 Å². The summed E-state index contributed by atoms with van der Waals surface area (Å²) in [5.41, 5.74) is 3.06. The summed E-state index contributed by atoms with van der Waals surface area (Å²) >= 11 is 6.15. The van der Waals surface area contributed by atoms with Crippen molar-refractivity contribution in [2.24, 2.45) is 7.05 Å². The van der Waals surface area contributed by atoms with E-state index in [2.05, 4.69) is 10.4 Å². The minimum Gasteiger partial charge on any atom is -0.379 e. The number of nitrogens with one attached hydrogen (secondary N) is 1. The fourth-order valence-electron chi connectivity index (χ4n) is 1.85. The predicted molar refractivity (Wildman–Crippen MR) is 71.4 cm³/mol. The molecular formula is C13H15ClFN3. The molecule has 96 valence electrons. The van der Waals surface area contributed by atoms with Crippen LogP contribution in [0.2, 0.25) is 5.02 Å². The lowest BCUT2D eigenvalue weighted by Crippen LogP contribution is -2.07. The molecule has 0 amide bonds. The maximum Gasteiger partial charge on any atom is 0.128 e. The fourth-order valence-corrected chi connectivity index (χ4v) is 2.08. The molecule has 0 fully saturated rings. The maximum absolute atomic E-state index is 13.4. The third-order valence-corrected chi connectivity index (χ3v) is 3.47. The molecule has 0 saturated heterocycles. The van der Waals surface area contributed by atoms with E-state index in [1.807, 2.05) is 20.0 Å². The molecule has 2 aromatic rings. The third kappa shape index (κ3) is 2.34. The van der Waals surface area contributed by atoms with Crippen molar-refractivity contribution in [1.82, 2.24) is 9.78 Å². The maximum atomic E-state index is 13.4. The zero-order chi connectivity index (χ0) is 13.3. The molecule has 2 rings (SSSR count). The molecule has 1 aromatic carbocycles. The number of anilines is 1. The second-order valence-corrected chi connectivity index (χ2v) is 4.61. The Morgan fingerprint density at radius 3 is 2.72 bits per heavy atom. The lowest BCUT2D eigenvalue weighted by Gasteiger charge is -2.10. The van der Waals surface area contributed by atoms with Crippen molar-refractivity contribution >= 4 is 17.3 Å². The number of halogens is 2. The molecule has 0 unspecified atom stereocenters. The van der Waals surface area contributed by atoms with Gasteiger partial charge in [-0.25, -0.2) is 4.39 Å². The van der Waals surface area contributed by atoms with Gasteiger partial charge >= 0.3 is 0 Å². The molecule has 0 aliphatic rings. The van der Waals surface area contributed by atoms with Gasteiger partial charge in [-0.1, -0.05) is 17.7 Å². The van der Waals surface area contributed by atoms with Crippen molar-refractivity contribution in [1.29, 1.82) is 0 Å². The van der Waals surface area contributed by atoms with Crippen LogP contribution >= 0.6 is 11.6 Å². The molecule has 18 heavy (non-hydrogen) atoms. The van der Waals surface area contributed by atoms with Crippen LogP contribution in [0.15, 0.2) is 18.2 Å². The summed E-state index contributed by atoms with van der Waals surface area (Å²) in [5.74, 6) is -0.215. The highest BCUT2D eigenvalue weighted by molar-refractivity contribution is 6.31. The topological polar surface area (TPSA) is 29.9 Å². The highest BCUT2D eigenvalue weighted by Crippen LogP contribution is 2.22. The lowest BCUT2D eigenvalue weighted by atomic mass is 10.2. The van der Waals surface area contributed by atoms with Crippen LogP contribution in [0.25, 0.3) is 0 Å². The molecule has 0 radical (unpaired) electrons. The van der Waals surface area contributed by atoms with Gasteiger partial charge in [0.15, 0.2) is 0 Å². The van der Waals surface area contributed by atoms with Gasteiger partial charge in [0.2, 0.25) is 0 Å². The van der Waals surface area contributed by atoms with E-state index >= 15 is 0 Å². The first-order valence-electron chi connectivity index (χ1n) is 5.67. The molecule has 3 nitrogen and oxygen atoms in total. The van der Waals surface area contributed by atoms with Crippen molar-refractivity contribution in [3.63, 3.8) is 0 Å². The summed E-state index contributed by atoms with van der Waals surface area (Å²) in [5, 5.41) is 8.07. The lowest BCUT2D eigenvalue weighted by molar-refractivity contribution is 0.619. The molecule has 0 spiro atoms. The van der Waals surface area contributed by atoms with Crippen LogP contribution in [0.5, 0.6) is 0 Å². The van der Waals surface area contributed by atoms with Crippen LogP contribution in [0.4, 0.5) is 10.1 Å². The highest BCUT2D eigenvalue weighted by atomic mass is 35.5. The second kappa shape index (κ2) is 4.98. The van der Waals surface area contributed by atoms with Crippen molar-refractivity contribution in [3.8, 4) is 0 Å². The van der Waals surface area contributed by atoms with Crippen molar-refractivity contribution < 1.29 is 4.39 Å². The standard InChI is InChI=1S/C13H15ClFN3/c1-8-10(15)5-4-6-11(8)16-7-12-13(14)9(2)17-18(12)3/h4-6,16H,7H2,1-3H3. The van der Waals surface area contributed by atoms with Crippen LogP contribution in [0.3, 0.4) is 0 Å². The first kappa shape index (κ1) is 12.9. The predicted octanol–water partition coefficient (Wildman–Crippen LogP) is 3.44. The molecule has 1 aromatic heterocycles. The molecule has 1 N–H and O–H groups in total. The fraction of sp³-hybridized carbons (Fsp3) is 0.308. The number of aromatic nitrogens is 2. The average molecular weight is 268 g/mol. The summed E-state index contributed by atoms with van der Waals surface area (Å²) in [4.78, 5) is 0. The Morgan fingerprint density at radius 1 is 1.39 bits per heavy atom. The summed E-state index contributed by atoms with van der Waals surface area (Å²) in [6.07, 6.45) is 0. The number of benzene rings is 1. The van der Waals surface area contributed by atoms with E-state index in [0.29, 0.717) is 17.1 Å². The SMILES string of the molecule is Cc1nn(C)c(CNc2cccc(F)c2C)c1Cl. The molecule has 0 bridgehead atoms. The molecular weight excluding hydrogens is 253 g/mol. The Bertz CT molecular complexity index is 578. The van der Waals surface area contributed by atoms with Crippen LogP contribution in [0, 0.1) is 19.7 Å². The zero-order valence-corrected chi connectivity index (χ0v) is 11.3. The summed E-state index contributed by atoms with van der Waals surface area (Å²) in [6, 6.07) is 4.97. The zero-order valence-electron chi connectivity index (χ0n) is 10.6. The summed E-state index contributed by atoms with van der Waals surface area (Å²) in [7, 11) is 1.84. The number of nitrogens with zero attached hydrogens (tertiary/aromatic N) is 2. The van der Waals surface area contributed by atoms with Crippen molar-refractivity contribution in [3.05, 3.63) is 46.0 Å². The van der Waals surface area contributed by atoms with Crippen LogP contribution in [-0.4, -0.2) is 9.78 Å². The minimum absolute atomic E-state index is 0.215. The van der Waals surface area contributed by atoms with Gasteiger partial charge in [-0.15, -0.1) is 0 Å². The minimum atomic E-state index is -0.215. The van der Waals surface area contributed by atoms with Gasteiger partial charge < -0.3 is 5.32 Å². The number of hydrogen-bond acceptors (Lipinski definition) is 2. The van der Waals surface area contributed by atoms with Gasteiger partial charge in [0, 0.05) is 18.3 Å². The van der Waals surface area contributed by atoms with Crippen LogP contribution in [-0.2, 0) is 13.6 Å². The Labute approximate surface area is 111 Å². The molecule has 0 aliphatic carbocycles. The molecule has 0 atom stereocenters. The Kier molecular flexibility index (Phi) is 3.57. The smallest absolute Gasteiger partial charge is 0.128 e. The Hall–Kier alpha value is -1.55. The Balaban J connectivity index is 2.19. The van der Waals surface area contributed by atoms with E-state index < -0.39 is 0 Å². The number of hydrogen-bond donors (Lipinski definition) is 1. The van der Waals surface area contributed by atoms with E-state index in [-0.39, 0.29) is 5.82 Å². The van der Waals surface area contributed by atoms with Crippen LogP contribution in [0.1, 0.15) is 17.0 Å². The van der Waals surface area contributed by atoms with E-state index in [9.17, 15) is 4.39 Å². The van der Waals surface area contributed by atoms with Gasteiger partial charge in [0.1, 0.15) is 5.82 Å². The first-order chi connectivity index (χ1) is 8.50. The van der Waals surface area contributed by atoms with Gasteiger partial charge in [-0.05, 0) is 26.0 Å². The monoisotopic (exact) mass is 267 g/mol. The first-order valence-corrected chi connectivity index (χ1v) is 6.05. The summed E-state index contributed by atoms with van der Waals surface area (Å²) < 4.78 is 15.1. The normalized spacial score (nSPS) is 10.7. The molecule has 0 aliphatic heterocycles. The van der Waals surface area contributed by atoms with E-state index in [4.69, 9.17) is 11.6 Å². The van der Waals surface area contributed by atoms with Crippen molar-refractivity contribution in [2.75, 3.05) is 5.32 Å². The van der Waals surface area contributed by atoms with Gasteiger partial charge in [0.25, 0.3) is 0 Å². The number of rotatable bonds is 3. The average Bonchev–Trinajstić information content (AvgIpc) is 2.56. The third-order valence-electron chi connectivity index (χ3n) is 2.98. The Morgan fingerprint density at radius 2 is 2.11 bits per heavy atom. The number of aryl methyl sites for hydroxylation is 2. The largest absolute Gasteiger partial charge is 0.379 e. The van der Waals surface area contributed by atoms with Gasteiger partial charge in [-0.3, -0.25) is 4.68 Å². The van der Waals surface area contributed by atoms with Gasteiger partial charge in [-0.2, -0.15) is 5.10 Å². The van der Waals surface area contributed by atoms with E-state index in [1.165, 1.54) is 6.07 Å². The summed E-state index contributed by atoms with van der Waals surface area (Å²) in [6.45, 7) is 4.12. The van der Waals surface area contributed by atoms with Crippen LogP contribution < -0.4 is 5.32 Å². The van der Waals surface area contributed by atoms with Gasteiger partial charge in [0.05, 0.1) is 23.0 Å². The highest BCUT2D eigenvalue weighted by Gasteiger charge is 2.11. The molecule has 0 saturated carbocycles.